The zero-order valence-corrected chi connectivity index (χ0v) is 17.8. The van der Waals surface area contributed by atoms with E-state index in [4.69, 9.17) is 21.1 Å². The van der Waals surface area contributed by atoms with Crippen LogP contribution in [-0.4, -0.2) is 45.4 Å². The van der Waals surface area contributed by atoms with Crippen LogP contribution in [0.15, 0.2) is 41.3 Å². The SMILES string of the molecule is CCOc1ccc(C(=O)Nc2cc(S(=O)(=O)N3CCCC3)ccc2OC)cc1Cl. The van der Waals surface area contributed by atoms with Crippen LogP contribution < -0.4 is 14.8 Å². The van der Waals surface area contributed by atoms with Gasteiger partial charge in [-0.3, -0.25) is 4.79 Å². The Morgan fingerprint density at radius 1 is 1.14 bits per heavy atom. The highest BCUT2D eigenvalue weighted by Gasteiger charge is 2.28. The van der Waals surface area contributed by atoms with Gasteiger partial charge in [-0.25, -0.2) is 8.42 Å². The van der Waals surface area contributed by atoms with Crippen LogP contribution >= 0.6 is 11.6 Å². The second-order valence-corrected chi connectivity index (χ2v) is 8.85. The third-order valence-electron chi connectivity index (χ3n) is 4.62. The first-order chi connectivity index (χ1) is 13.9. The molecule has 1 fully saturated rings. The van der Waals surface area contributed by atoms with Crippen molar-refractivity contribution >= 4 is 33.2 Å². The molecular weight excluding hydrogens is 416 g/mol. The maximum Gasteiger partial charge on any atom is 0.255 e. The number of nitrogens with zero attached hydrogens (tertiary/aromatic N) is 1. The van der Waals surface area contributed by atoms with Gasteiger partial charge in [-0.05, 0) is 56.2 Å². The van der Waals surface area contributed by atoms with Crippen molar-refractivity contribution in [2.75, 3.05) is 32.1 Å². The molecule has 2 aromatic carbocycles. The molecule has 156 valence electrons. The van der Waals surface area contributed by atoms with Crippen molar-refractivity contribution < 1.29 is 22.7 Å². The molecule has 3 rings (SSSR count). The molecule has 7 nitrogen and oxygen atoms in total. The average molecular weight is 439 g/mol. The van der Waals surface area contributed by atoms with Crippen molar-refractivity contribution in [1.82, 2.24) is 4.31 Å². The van der Waals surface area contributed by atoms with Gasteiger partial charge in [0.25, 0.3) is 5.91 Å². The molecule has 1 aliphatic heterocycles. The predicted octanol–water partition coefficient (Wildman–Crippen LogP) is 3.78. The second kappa shape index (κ2) is 9.02. The van der Waals surface area contributed by atoms with Crippen LogP contribution in [0.5, 0.6) is 11.5 Å². The van der Waals surface area contributed by atoms with E-state index < -0.39 is 15.9 Å². The Balaban J connectivity index is 1.88. The molecule has 1 N–H and O–H groups in total. The van der Waals surface area contributed by atoms with Crippen molar-refractivity contribution in [3.05, 3.63) is 47.0 Å². The Bertz CT molecular complexity index is 1000. The second-order valence-electron chi connectivity index (χ2n) is 6.51. The first kappa shape index (κ1) is 21.4. The number of ether oxygens (including phenoxy) is 2. The van der Waals surface area contributed by atoms with Crippen LogP contribution in [0.2, 0.25) is 5.02 Å². The molecule has 1 amide bonds. The summed E-state index contributed by atoms with van der Waals surface area (Å²) in [4.78, 5) is 12.8. The summed E-state index contributed by atoms with van der Waals surface area (Å²) in [6, 6.07) is 9.13. The number of anilines is 1. The van der Waals surface area contributed by atoms with Crippen molar-refractivity contribution in [2.24, 2.45) is 0 Å². The summed E-state index contributed by atoms with van der Waals surface area (Å²) in [6.07, 6.45) is 1.69. The molecule has 0 radical (unpaired) electrons. The highest BCUT2D eigenvalue weighted by Crippen LogP contribution is 2.31. The summed E-state index contributed by atoms with van der Waals surface area (Å²) in [5.41, 5.74) is 0.580. The van der Waals surface area contributed by atoms with Crippen molar-refractivity contribution in [1.29, 1.82) is 0 Å². The van der Waals surface area contributed by atoms with E-state index in [1.807, 2.05) is 6.92 Å². The number of methoxy groups -OCH3 is 1. The van der Waals surface area contributed by atoms with E-state index in [1.54, 1.807) is 12.1 Å². The molecule has 0 aliphatic carbocycles. The third-order valence-corrected chi connectivity index (χ3v) is 6.81. The number of rotatable bonds is 7. The van der Waals surface area contributed by atoms with Gasteiger partial charge in [0, 0.05) is 18.7 Å². The average Bonchev–Trinajstić information content (AvgIpc) is 3.25. The number of halogens is 1. The molecule has 1 aliphatic rings. The Morgan fingerprint density at radius 2 is 1.83 bits per heavy atom. The van der Waals surface area contributed by atoms with Crippen LogP contribution in [0.1, 0.15) is 30.1 Å². The van der Waals surface area contributed by atoms with Crippen molar-refractivity contribution in [3.63, 3.8) is 0 Å². The monoisotopic (exact) mass is 438 g/mol. The highest BCUT2D eigenvalue weighted by molar-refractivity contribution is 7.89. The maximum absolute atomic E-state index is 12.8. The first-order valence-electron chi connectivity index (χ1n) is 9.28. The van der Waals surface area contributed by atoms with E-state index >= 15 is 0 Å². The number of hydrogen-bond acceptors (Lipinski definition) is 5. The van der Waals surface area contributed by atoms with Gasteiger partial charge in [-0.1, -0.05) is 11.6 Å². The van der Waals surface area contributed by atoms with Gasteiger partial charge in [0.2, 0.25) is 10.0 Å². The summed E-state index contributed by atoms with van der Waals surface area (Å²) in [5, 5.41) is 3.03. The fourth-order valence-electron chi connectivity index (χ4n) is 3.13. The van der Waals surface area contributed by atoms with Gasteiger partial charge in [0.1, 0.15) is 11.5 Å². The lowest BCUT2D eigenvalue weighted by Crippen LogP contribution is -2.28. The maximum atomic E-state index is 12.8. The highest BCUT2D eigenvalue weighted by atomic mass is 35.5. The van der Waals surface area contributed by atoms with E-state index in [-0.39, 0.29) is 10.6 Å². The third kappa shape index (κ3) is 4.66. The molecule has 0 aromatic heterocycles. The Morgan fingerprint density at radius 3 is 2.45 bits per heavy atom. The summed E-state index contributed by atoms with van der Waals surface area (Å²) >= 11 is 6.16. The number of carbonyl (C=O) groups excluding carboxylic acids is 1. The van der Waals surface area contributed by atoms with Gasteiger partial charge >= 0.3 is 0 Å². The topological polar surface area (TPSA) is 84.9 Å². The Kier molecular flexibility index (Phi) is 6.66. The number of carbonyl (C=O) groups is 1. The van der Waals surface area contributed by atoms with Gasteiger partial charge in [0.15, 0.2) is 0 Å². The van der Waals surface area contributed by atoms with Crippen LogP contribution in [0.25, 0.3) is 0 Å². The minimum absolute atomic E-state index is 0.111. The zero-order valence-electron chi connectivity index (χ0n) is 16.3. The summed E-state index contributed by atoms with van der Waals surface area (Å²) in [6.45, 7) is 3.30. The fourth-order valence-corrected chi connectivity index (χ4v) is 4.91. The predicted molar refractivity (Wildman–Crippen MR) is 112 cm³/mol. The van der Waals surface area contributed by atoms with E-state index in [0.717, 1.165) is 12.8 Å². The Labute approximate surface area is 175 Å². The van der Waals surface area contributed by atoms with Crippen molar-refractivity contribution in [2.45, 2.75) is 24.7 Å². The van der Waals surface area contributed by atoms with Crippen LogP contribution in [-0.2, 0) is 10.0 Å². The molecule has 1 saturated heterocycles. The van der Waals surface area contributed by atoms with Crippen LogP contribution in [0, 0.1) is 0 Å². The number of benzene rings is 2. The molecule has 2 aromatic rings. The van der Waals surface area contributed by atoms with E-state index in [0.29, 0.717) is 41.8 Å². The van der Waals surface area contributed by atoms with E-state index in [9.17, 15) is 13.2 Å². The lowest BCUT2D eigenvalue weighted by Gasteiger charge is -2.17. The quantitative estimate of drug-likeness (QED) is 0.711. The molecule has 0 spiro atoms. The van der Waals surface area contributed by atoms with Crippen LogP contribution in [0.4, 0.5) is 5.69 Å². The lowest BCUT2D eigenvalue weighted by molar-refractivity contribution is 0.102. The lowest BCUT2D eigenvalue weighted by atomic mass is 10.2. The summed E-state index contributed by atoms with van der Waals surface area (Å²) in [7, 11) is -2.16. The molecule has 1 heterocycles. The van der Waals surface area contributed by atoms with Gasteiger partial charge in [0.05, 0.1) is 29.3 Å². The first-order valence-corrected chi connectivity index (χ1v) is 11.1. The summed E-state index contributed by atoms with van der Waals surface area (Å²) < 4.78 is 37.8. The number of nitrogens with one attached hydrogen (secondary N) is 1. The van der Waals surface area contributed by atoms with Gasteiger partial charge in [-0.15, -0.1) is 0 Å². The molecule has 0 saturated carbocycles. The molecular formula is C20H23ClN2O5S. The summed E-state index contributed by atoms with van der Waals surface area (Å²) in [5.74, 6) is 0.404. The number of amides is 1. The number of sulfonamides is 1. The van der Waals surface area contributed by atoms with E-state index in [2.05, 4.69) is 5.32 Å². The molecule has 9 heteroatoms. The van der Waals surface area contributed by atoms with E-state index in [1.165, 1.54) is 35.7 Å². The van der Waals surface area contributed by atoms with Gasteiger partial charge < -0.3 is 14.8 Å². The van der Waals surface area contributed by atoms with Crippen LogP contribution in [0.3, 0.4) is 0 Å². The molecule has 29 heavy (non-hydrogen) atoms. The minimum atomic E-state index is -3.62. The Hall–Kier alpha value is -2.29. The minimum Gasteiger partial charge on any atom is -0.495 e. The normalized spacial score (nSPS) is 14.6. The standard InChI is InChI=1S/C20H23ClN2O5S/c1-3-28-18-8-6-14(12-16(18)21)20(24)22-17-13-15(7-9-19(17)27-2)29(25,26)23-10-4-5-11-23/h6-9,12-13H,3-5,10-11H2,1-2H3,(H,22,24). The largest absolute Gasteiger partial charge is 0.495 e. The fraction of sp³-hybridized carbons (Fsp3) is 0.350. The molecule has 0 atom stereocenters. The zero-order chi connectivity index (χ0) is 21.0. The van der Waals surface area contributed by atoms with Crippen molar-refractivity contribution in [3.8, 4) is 11.5 Å². The molecule has 0 unspecified atom stereocenters. The molecule has 0 bridgehead atoms. The number of hydrogen-bond donors (Lipinski definition) is 1. The van der Waals surface area contributed by atoms with Gasteiger partial charge in [-0.2, -0.15) is 4.31 Å². The smallest absolute Gasteiger partial charge is 0.255 e.